The van der Waals surface area contributed by atoms with Crippen molar-refractivity contribution in [2.45, 2.75) is 153 Å². The molecule has 4 aliphatic rings. The number of nitrogens with one attached hydrogen (secondary N) is 2. The maximum Gasteiger partial charge on any atom is 0.259 e. The molecule has 2 heterocycles. The number of carbonyl (C=O) groups is 2. The first-order valence-corrected chi connectivity index (χ1v) is 26.9. The fourth-order valence-electron chi connectivity index (χ4n) is 12.9. The highest BCUT2D eigenvalue weighted by molar-refractivity contribution is 7.15. The van der Waals surface area contributed by atoms with Gasteiger partial charge in [-0.3, -0.25) is 20.2 Å². The molecular weight excluding hydrogens is 924 g/mol. The molecule has 0 bridgehead atoms. The summed E-state index contributed by atoms with van der Waals surface area (Å²) in [7, 11) is 0. The first-order valence-electron chi connectivity index (χ1n) is 24.5. The summed E-state index contributed by atoms with van der Waals surface area (Å²) < 4.78 is 0. The van der Waals surface area contributed by atoms with Gasteiger partial charge in [0.1, 0.15) is 10.0 Å². The normalized spacial score (nSPS) is 26.1. The third-order valence-electron chi connectivity index (χ3n) is 16.6. The number of carbonyl (C=O) groups excluding carboxylic acids is 2. The van der Waals surface area contributed by atoms with Crippen molar-refractivity contribution in [3.8, 4) is 0 Å². The zero-order valence-electron chi connectivity index (χ0n) is 40.6. The Labute approximate surface area is 420 Å². The molecule has 6 aromatic rings. The zero-order valence-corrected chi connectivity index (χ0v) is 43.8. The Bertz CT molecular complexity index is 2670. The minimum absolute atomic E-state index is 0.0630. The van der Waals surface area contributed by atoms with Crippen LogP contribution >= 0.6 is 45.9 Å². The molecule has 2 fully saturated rings. The van der Waals surface area contributed by atoms with E-state index in [0.717, 1.165) is 61.4 Å². The van der Waals surface area contributed by atoms with Crippen LogP contribution in [0.3, 0.4) is 0 Å². The van der Waals surface area contributed by atoms with E-state index in [-0.39, 0.29) is 33.5 Å². The first kappa shape index (κ1) is 48.5. The quantitative estimate of drug-likeness (QED) is 0.157. The summed E-state index contributed by atoms with van der Waals surface area (Å²) in [6.45, 7) is 18.7. The van der Waals surface area contributed by atoms with Crippen molar-refractivity contribution in [2.24, 2.45) is 11.8 Å². The van der Waals surface area contributed by atoms with Gasteiger partial charge in [0.05, 0.1) is 21.2 Å². The van der Waals surface area contributed by atoms with Crippen molar-refractivity contribution in [1.29, 1.82) is 0 Å². The number of hydrogen-bond donors (Lipinski definition) is 2. The molecule has 8 nitrogen and oxygen atoms in total. The Morgan fingerprint density at radius 1 is 0.559 bits per heavy atom. The first-order chi connectivity index (χ1) is 32.4. The van der Waals surface area contributed by atoms with Crippen LogP contribution in [0.1, 0.15) is 183 Å². The predicted octanol–water partition coefficient (Wildman–Crippen LogP) is 15.1. The van der Waals surface area contributed by atoms with Gasteiger partial charge in [-0.25, -0.2) is 0 Å². The summed E-state index contributed by atoms with van der Waals surface area (Å²) in [4.78, 5) is 25.5. The van der Waals surface area contributed by atoms with E-state index in [0.29, 0.717) is 55.1 Å². The molecular formula is C56H64Cl2N6O2S2. The van der Waals surface area contributed by atoms with Crippen molar-refractivity contribution in [3.05, 3.63) is 149 Å². The standard InChI is InChI=1S/2C28H32ClN3OS/c2*1-17(2)18-10-12-21-19(16-18)11-13-23-27(21,3)14-7-15-28(23,4)25-31-32-26(34-25)30-24(33)20-8-5-6-9-22(20)29/h2*5-6,8-10,12,16-17,23H,7,11,13-15H2,1-4H3,(H,30,32,33)/t2*23-,27-,28-/m11/s1. The third kappa shape index (κ3) is 8.85. The van der Waals surface area contributed by atoms with Crippen LogP contribution in [-0.4, -0.2) is 32.2 Å². The van der Waals surface area contributed by atoms with Crippen LogP contribution < -0.4 is 10.6 Å². The summed E-state index contributed by atoms with van der Waals surface area (Å²) in [5.74, 6) is 1.58. The fraction of sp³-hybridized carbons (Fsp3) is 0.464. The Balaban J connectivity index is 0.000000170. The molecule has 4 aromatic carbocycles. The summed E-state index contributed by atoms with van der Waals surface area (Å²) in [5.41, 5.74) is 9.99. The molecule has 10 rings (SSSR count). The SMILES string of the molecule is CC(C)c1ccc2c(c1)CC[C@H]1[C@](C)(c3nnc(NC(=O)c4ccccc4Cl)s3)CCC[C@]21C.CC(C)c1ccc2c(c1)CC[C@H]1[C@](C)(c3nnc(NC(=O)c4ccccc4Cl)s3)CCC[C@]21C. The molecule has 0 saturated heterocycles. The van der Waals surface area contributed by atoms with Crippen LogP contribution in [0.4, 0.5) is 10.3 Å². The Morgan fingerprint density at radius 3 is 1.32 bits per heavy atom. The average molecular weight is 988 g/mol. The molecule has 12 heteroatoms. The Hall–Kier alpha value is -4.48. The van der Waals surface area contributed by atoms with E-state index in [9.17, 15) is 9.59 Å². The summed E-state index contributed by atoms with van der Waals surface area (Å²) in [6.07, 6.45) is 11.5. The van der Waals surface area contributed by atoms with Crippen molar-refractivity contribution in [3.63, 3.8) is 0 Å². The van der Waals surface area contributed by atoms with Crippen molar-refractivity contribution in [2.75, 3.05) is 10.6 Å². The van der Waals surface area contributed by atoms with Crippen LogP contribution in [0.2, 0.25) is 10.0 Å². The molecule has 2 aromatic heterocycles. The summed E-state index contributed by atoms with van der Waals surface area (Å²) >= 11 is 15.4. The van der Waals surface area contributed by atoms with Gasteiger partial charge < -0.3 is 0 Å². The van der Waals surface area contributed by atoms with Gasteiger partial charge in [0.25, 0.3) is 11.8 Å². The van der Waals surface area contributed by atoms with E-state index in [1.807, 2.05) is 12.1 Å². The predicted molar refractivity (Wildman–Crippen MR) is 280 cm³/mol. The lowest BCUT2D eigenvalue weighted by atomic mass is 9.50. The number of fused-ring (bicyclic) bond motifs is 6. The Kier molecular flexibility index (Phi) is 13.6. The second-order valence-electron chi connectivity index (χ2n) is 21.4. The van der Waals surface area contributed by atoms with Gasteiger partial charge in [0.2, 0.25) is 10.3 Å². The molecule has 2 N–H and O–H groups in total. The largest absolute Gasteiger partial charge is 0.296 e. The summed E-state index contributed by atoms with van der Waals surface area (Å²) in [6, 6.07) is 28.5. The van der Waals surface area contributed by atoms with Gasteiger partial charge in [-0.15, -0.1) is 20.4 Å². The molecule has 2 amide bonds. The molecule has 6 atom stereocenters. The minimum atomic E-state index is -0.250. The molecule has 0 unspecified atom stereocenters. The topological polar surface area (TPSA) is 110 Å². The van der Waals surface area contributed by atoms with E-state index in [1.54, 1.807) is 36.4 Å². The van der Waals surface area contributed by atoms with Gasteiger partial charge >= 0.3 is 0 Å². The number of rotatable bonds is 8. The van der Waals surface area contributed by atoms with Crippen LogP contribution in [0.25, 0.3) is 0 Å². The van der Waals surface area contributed by atoms with Crippen LogP contribution in [0.15, 0.2) is 84.9 Å². The van der Waals surface area contributed by atoms with Crippen molar-refractivity contribution < 1.29 is 9.59 Å². The van der Waals surface area contributed by atoms with E-state index in [2.05, 4.69) is 123 Å². The van der Waals surface area contributed by atoms with Gasteiger partial charge in [-0.1, -0.05) is 175 Å². The van der Waals surface area contributed by atoms with Crippen molar-refractivity contribution >= 4 is 68.0 Å². The Morgan fingerprint density at radius 2 is 0.941 bits per heavy atom. The van der Waals surface area contributed by atoms with Gasteiger partial charge in [-0.2, -0.15) is 0 Å². The van der Waals surface area contributed by atoms with Crippen LogP contribution in [0, 0.1) is 11.8 Å². The number of nitrogens with zero attached hydrogens (tertiary/aromatic N) is 4. The monoisotopic (exact) mass is 986 g/mol. The van der Waals surface area contributed by atoms with Gasteiger partial charge in [-0.05, 0) is 144 Å². The molecule has 0 aliphatic heterocycles. The maximum atomic E-state index is 12.7. The zero-order chi connectivity index (χ0) is 48.2. The van der Waals surface area contributed by atoms with E-state index < -0.39 is 0 Å². The maximum absolute atomic E-state index is 12.7. The number of amides is 2. The van der Waals surface area contributed by atoms with Crippen molar-refractivity contribution in [1.82, 2.24) is 20.4 Å². The smallest absolute Gasteiger partial charge is 0.259 e. The lowest BCUT2D eigenvalue weighted by Gasteiger charge is -2.54. The number of halogens is 2. The van der Waals surface area contributed by atoms with Crippen LogP contribution in [0.5, 0.6) is 0 Å². The number of anilines is 2. The number of hydrogen-bond acceptors (Lipinski definition) is 8. The number of benzene rings is 4. The van der Waals surface area contributed by atoms with E-state index in [4.69, 9.17) is 23.2 Å². The lowest BCUT2D eigenvalue weighted by molar-refractivity contribution is 0.0845. The second kappa shape index (κ2) is 19.0. The number of aryl methyl sites for hydroxylation is 2. The molecule has 0 radical (unpaired) electrons. The van der Waals surface area contributed by atoms with Gasteiger partial charge in [0.15, 0.2) is 0 Å². The van der Waals surface area contributed by atoms with E-state index in [1.165, 1.54) is 68.9 Å². The highest BCUT2D eigenvalue weighted by atomic mass is 35.5. The highest BCUT2D eigenvalue weighted by Gasteiger charge is 2.55. The lowest BCUT2D eigenvalue weighted by Crippen LogP contribution is -2.51. The molecule has 356 valence electrons. The fourth-order valence-corrected chi connectivity index (χ4v) is 15.3. The minimum Gasteiger partial charge on any atom is -0.296 e. The highest BCUT2D eigenvalue weighted by Crippen LogP contribution is 2.60. The van der Waals surface area contributed by atoms with Crippen LogP contribution in [-0.2, 0) is 34.5 Å². The molecule has 2 saturated carbocycles. The summed E-state index contributed by atoms with van der Waals surface area (Å²) in [5, 5.41) is 27.8. The molecule has 0 spiro atoms. The molecule has 4 aliphatic carbocycles. The third-order valence-corrected chi connectivity index (χ3v) is 19.5. The molecule has 68 heavy (non-hydrogen) atoms. The second-order valence-corrected chi connectivity index (χ2v) is 24.2. The number of aromatic nitrogens is 4. The van der Waals surface area contributed by atoms with Gasteiger partial charge in [0, 0.05) is 10.8 Å². The average Bonchev–Trinajstić information content (AvgIpc) is 4.00. The van der Waals surface area contributed by atoms with E-state index >= 15 is 0 Å².